The highest BCUT2D eigenvalue weighted by Gasteiger charge is 2.44. The van der Waals surface area contributed by atoms with Gasteiger partial charge >= 0.3 is 5.97 Å². The van der Waals surface area contributed by atoms with E-state index >= 15 is 0 Å². The lowest BCUT2D eigenvalue weighted by Gasteiger charge is -2.43. The van der Waals surface area contributed by atoms with Gasteiger partial charge in [0.15, 0.2) is 18.7 Å². The summed E-state index contributed by atoms with van der Waals surface area (Å²) in [6.45, 7) is 3.84. The monoisotopic (exact) mass is 472 g/mol. The normalized spacial score (nSPS) is 33.9. The van der Waals surface area contributed by atoms with E-state index in [9.17, 15) is 15.0 Å². The third-order valence-corrected chi connectivity index (χ3v) is 6.15. The second-order valence-electron chi connectivity index (χ2n) is 8.78. The molecule has 0 aliphatic carbocycles. The lowest BCUT2D eigenvalue weighted by Crippen LogP contribution is -2.54. The Kier molecular flexibility index (Phi) is 8.31. The molecule has 0 saturated carbocycles. The molecule has 0 bridgehead atoms. The molecule has 184 valence electrons. The number of aliphatic hydroxyl groups is 2. The van der Waals surface area contributed by atoms with E-state index in [-0.39, 0.29) is 6.42 Å². The van der Waals surface area contributed by atoms with Crippen molar-refractivity contribution in [2.24, 2.45) is 0 Å². The van der Waals surface area contributed by atoms with Crippen molar-refractivity contribution in [2.75, 3.05) is 0 Å². The Hall–Kier alpha value is -2.33. The average Bonchev–Trinajstić information content (AvgIpc) is 2.84. The molecule has 2 fully saturated rings. The Balaban J connectivity index is 1.46. The Labute approximate surface area is 199 Å². The first kappa shape index (κ1) is 24.8. The van der Waals surface area contributed by atoms with E-state index in [4.69, 9.17) is 23.7 Å². The minimum absolute atomic E-state index is 0.103. The molecule has 8 heteroatoms. The smallest absolute Gasteiger partial charge is 0.338 e. The SMILES string of the molecule is C[C@H]1O[C@@H](O[C@@H]2C[C@H](OCc3ccccc3)O[C@H](C)[C@H]2OC(=O)c2ccccc2)C[C@@H](O)[C@@H]1O. The molecule has 8 nitrogen and oxygen atoms in total. The Bertz CT molecular complexity index is 896. The number of hydrogen-bond donors (Lipinski definition) is 2. The number of carbonyl (C=O) groups is 1. The lowest BCUT2D eigenvalue weighted by atomic mass is 10.00. The van der Waals surface area contributed by atoms with Crippen LogP contribution in [0, 0.1) is 0 Å². The van der Waals surface area contributed by atoms with Crippen molar-refractivity contribution < 1.29 is 38.7 Å². The van der Waals surface area contributed by atoms with Gasteiger partial charge < -0.3 is 33.9 Å². The van der Waals surface area contributed by atoms with E-state index in [1.165, 1.54) is 0 Å². The predicted octanol–water partition coefficient (Wildman–Crippen LogP) is 2.81. The summed E-state index contributed by atoms with van der Waals surface area (Å²) in [5, 5.41) is 20.2. The minimum Gasteiger partial charge on any atom is -0.453 e. The summed E-state index contributed by atoms with van der Waals surface area (Å²) in [5.74, 6) is -0.480. The fraction of sp³-hybridized carbons (Fsp3) is 0.500. The molecule has 0 spiro atoms. The second kappa shape index (κ2) is 11.4. The molecule has 2 aliphatic rings. The van der Waals surface area contributed by atoms with Crippen molar-refractivity contribution in [1.29, 1.82) is 0 Å². The van der Waals surface area contributed by atoms with E-state index in [0.29, 0.717) is 18.6 Å². The molecular formula is C26H32O8. The topological polar surface area (TPSA) is 104 Å². The van der Waals surface area contributed by atoms with Gasteiger partial charge in [-0.1, -0.05) is 48.5 Å². The van der Waals surface area contributed by atoms with Gasteiger partial charge in [0.25, 0.3) is 0 Å². The summed E-state index contributed by atoms with van der Waals surface area (Å²) >= 11 is 0. The number of benzene rings is 2. The standard InChI is InChI=1S/C26H32O8/c1-16-24(28)20(27)13-23(31-16)33-21-14-22(30-15-18-9-5-3-6-10-18)32-17(2)25(21)34-26(29)19-11-7-4-8-12-19/h3-12,16-17,20-25,27-28H,13-15H2,1-2H3/t16-,17-,20-,21-,22-,23+,24-,25-/m1/s1. The van der Waals surface area contributed by atoms with Gasteiger partial charge in [0, 0.05) is 12.8 Å². The summed E-state index contributed by atoms with van der Waals surface area (Å²) in [7, 11) is 0. The first-order valence-corrected chi connectivity index (χ1v) is 11.6. The number of aliphatic hydroxyl groups excluding tert-OH is 2. The highest BCUT2D eigenvalue weighted by Crippen LogP contribution is 2.31. The summed E-state index contributed by atoms with van der Waals surface area (Å²) in [6, 6.07) is 18.5. The maximum Gasteiger partial charge on any atom is 0.338 e. The molecule has 2 aliphatic heterocycles. The quantitative estimate of drug-likeness (QED) is 0.593. The van der Waals surface area contributed by atoms with Crippen LogP contribution in [0.4, 0.5) is 0 Å². The van der Waals surface area contributed by atoms with Crippen LogP contribution in [0.5, 0.6) is 0 Å². The number of ether oxygens (including phenoxy) is 5. The van der Waals surface area contributed by atoms with Crippen molar-refractivity contribution in [2.45, 2.75) is 82.5 Å². The van der Waals surface area contributed by atoms with Crippen molar-refractivity contribution in [3.63, 3.8) is 0 Å². The van der Waals surface area contributed by atoms with E-state index < -0.39 is 55.2 Å². The molecule has 2 saturated heterocycles. The molecule has 2 heterocycles. The second-order valence-corrected chi connectivity index (χ2v) is 8.78. The third-order valence-electron chi connectivity index (χ3n) is 6.15. The molecule has 4 rings (SSSR count). The highest BCUT2D eigenvalue weighted by atomic mass is 16.7. The van der Waals surface area contributed by atoms with Crippen molar-refractivity contribution in [3.8, 4) is 0 Å². The number of carbonyl (C=O) groups excluding carboxylic acids is 1. The largest absolute Gasteiger partial charge is 0.453 e. The van der Waals surface area contributed by atoms with Crippen LogP contribution < -0.4 is 0 Å². The molecular weight excluding hydrogens is 440 g/mol. The van der Waals surface area contributed by atoms with Crippen molar-refractivity contribution in [3.05, 3.63) is 71.8 Å². The molecule has 0 unspecified atom stereocenters. The van der Waals surface area contributed by atoms with Crippen LogP contribution in [-0.2, 0) is 30.3 Å². The van der Waals surface area contributed by atoms with Crippen molar-refractivity contribution >= 4 is 5.97 Å². The summed E-state index contributed by atoms with van der Waals surface area (Å²) in [6.07, 6.45) is -5.32. The number of esters is 1. The Morgan fingerprint density at radius 3 is 2.24 bits per heavy atom. The zero-order valence-corrected chi connectivity index (χ0v) is 19.4. The highest BCUT2D eigenvalue weighted by molar-refractivity contribution is 5.89. The number of hydrogen-bond acceptors (Lipinski definition) is 8. The maximum atomic E-state index is 12.8. The molecule has 0 aromatic heterocycles. The van der Waals surface area contributed by atoms with E-state index in [1.54, 1.807) is 38.1 Å². The van der Waals surface area contributed by atoms with Gasteiger partial charge in [-0.2, -0.15) is 0 Å². The molecule has 8 atom stereocenters. The van der Waals surface area contributed by atoms with Crippen molar-refractivity contribution in [1.82, 2.24) is 0 Å². The zero-order valence-electron chi connectivity index (χ0n) is 19.4. The van der Waals surface area contributed by atoms with Gasteiger partial charge in [0.1, 0.15) is 12.2 Å². The van der Waals surface area contributed by atoms with Gasteiger partial charge in [-0.15, -0.1) is 0 Å². The van der Waals surface area contributed by atoms with Gasteiger partial charge in [-0.05, 0) is 31.5 Å². The van der Waals surface area contributed by atoms with Crippen LogP contribution in [0.2, 0.25) is 0 Å². The van der Waals surface area contributed by atoms with Crippen LogP contribution in [0.25, 0.3) is 0 Å². The summed E-state index contributed by atoms with van der Waals surface area (Å²) in [5.41, 5.74) is 1.44. The first-order chi connectivity index (χ1) is 16.4. The van der Waals surface area contributed by atoms with Crippen LogP contribution in [0.3, 0.4) is 0 Å². The average molecular weight is 473 g/mol. The van der Waals surface area contributed by atoms with Crippen LogP contribution in [0.1, 0.15) is 42.6 Å². The Morgan fingerprint density at radius 1 is 0.912 bits per heavy atom. The molecule has 2 N–H and O–H groups in total. The minimum atomic E-state index is -0.984. The fourth-order valence-electron chi connectivity index (χ4n) is 4.25. The molecule has 34 heavy (non-hydrogen) atoms. The Morgan fingerprint density at radius 2 is 1.56 bits per heavy atom. The van der Waals surface area contributed by atoms with Crippen LogP contribution in [-0.4, -0.2) is 65.4 Å². The summed E-state index contributed by atoms with van der Waals surface area (Å²) < 4.78 is 29.8. The fourth-order valence-corrected chi connectivity index (χ4v) is 4.25. The lowest BCUT2D eigenvalue weighted by molar-refractivity contribution is -0.307. The summed E-state index contributed by atoms with van der Waals surface area (Å²) in [4.78, 5) is 12.8. The zero-order chi connectivity index (χ0) is 24.1. The molecule has 2 aromatic rings. The van der Waals surface area contributed by atoms with E-state index in [2.05, 4.69) is 0 Å². The van der Waals surface area contributed by atoms with Gasteiger partial charge in [0.2, 0.25) is 0 Å². The number of rotatable bonds is 7. The van der Waals surface area contributed by atoms with Crippen LogP contribution in [0.15, 0.2) is 60.7 Å². The van der Waals surface area contributed by atoms with E-state index in [0.717, 1.165) is 5.56 Å². The van der Waals surface area contributed by atoms with Gasteiger partial charge in [-0.25, -0.2) is 4.79 Å². The van der Waals surface area contributed by atoms with Crippen LogP contribution >= 0.6 is 0 Å². The molecule has 0 radical (unpaired) electrons. The molecule has 2 aromatic carbocycles. The predicted molar refractivity (Wildman–Crippen MR) is 122 cm³/mol. The van der Waals surface area contributed by atoms with Gasteiger partial charge in [-0.3, -0.25) is 0 Å². The van der Waals surface area contributed by atoms with Gasteiger partial charge in [0.05, 0.1) is 30.5 Å². The first-order valence-electron chi connectivity index (χ1n) is 11.6. The third kappa shape index (κ3) is 6.21. The maximum absolute atomic E-state index is 12.8. The van der Waals surface area contributed by atoms with E-state index in [1.807, 2.05) is 36.4 Å². The molecule has 0 amide bonds.